The van der Waals surface area contributed by atoms with Gasteiger partial charge in [-0.25, -0.2) is 4.98 Å². The Balaban J connectivity index is 1.54. The monoisotopic (exact) mass is 443 g/mol. The van der Waals surface area contributed by atoms with E-state index in [1.54, 1.807) is 49.3 Å². The number of aryl methyl sites for hydroxylation is 1. The Morgan fingerprint density at radius 3 is 2.28 bits per heavy atom. The van der Waals surface area contributed by atoms with Crippen LogP contribution in [0.5, 0.6) is 0 Å². The van der Waals surface area contributed by atoms with Crippen LogP contribution in [0.3, 0.4) is 0 Å². The Hall–Kier alpha value is -2.29. The van der Waals surface area contributed by atoms with Crippen LogP contribution in [-0.2, 0) is 5.75 Å². The van der Waals surface area contributed by atoms with E-state index in [1.165, 1.54) is 4.90 Å². The first kappa shape index (κ1) is 21.4. The number of carbonyl (C=O) groups excluding carboxylic acids is 2. The lowest BCUT2D eigenvalue weighted by Crippen LogP contribution is -2.16. The highest BCUT2D eigenvalue weighted by atomic mass is 32.2. The summed E-state index contributed by atoms with van der Waals surface area (Å²) in [4.78, 5) is 32.1. The number of benzene rings is 2. The van der Waals surface area contributed by atoms with Crippen LogP contribution >= 0.6 is 34.9 Å². The molecule has 1 aromatic heterocycles. The molecule has 0 bridgehead atoms. The molecule has 150 valence electrons. The Bertz CT molecular complexity index is 983. The van der Waals surface area contributed by atoms with E-state index in [9.17, 15) is 9.59 Å². The van der Waals surface area contributed by atoms with Gasteiger partial charge in [-0.05, 0) is 67.2 Å². The van der Waals surface area contributed by atoms with E-state index >= 15 is 0 Å². The van der Waals surface area contributed by atoms with Gasteiger partial charge in [-0.2, -0.15) is 0 Å². The standard InChI is InChI=1S/C21H21N3O2S3/c1-14-22-17(12-27-14)13-28-18-8-4-15(5-9-18)20(25)23-16-6-10-19(11-7-16)29-21(26)24(2)3/h4-12H,13H2,1-3H3,(H,23,25). The van der Waals surface area contributed by atoms with Gasteiger partial charge in [0.25, 0.3) is 11.1 Å². The van der Waals surface area contributed by atoms with Gasteiger partial charge in [0.2, 0.25) is 0 Å². The van der Waals surface area contributed by atoms with Gasteiger partial charge in [0.1, 0.15) is 0 Å². The minimum absolute atomic E-state index is 0.0374. The molecule has 0 fully saturated rings. The highest BCUT2D eigenvalue weighted by Gasteiger charge is 2.09. The maximum absolute atomic E-state index is 12.5. The van der Waals surface area contributed by atoms with Crippen molar-refractivity contribution in [2.75, 3.05) is 19.4 Å². The molecule has 5 nitrogen and oxygen atoms in total. The molecule has 0 atom stereocenters. The third-order valence-corrected chi connectivity index (χ3v) is 6.77. The van der Waals surface area contributed by atoms with Gasteiger partial charge in [0, 0.05) is 46.3 Å². The molecule has 0 radical (unpaired) electrons. The average molecular weight is 444 g/mol. The van der Waals surface area contributed by atoms with Gasteiger partial charge in [0.05, 0.1) is 10.7 Å². The second-order valence-corrected chi connectivity index (χ2v) is 9.55. The molecule has 1 N–H and O–H groups in total. The van der Waals surface area contributed by atoms with Crippen LogP contribution < -0.4 is 5.32 Å². The fourth-order valence-electron chi connectivity index (χ4n) is 2.34. The first-order valence-corrected chi connectivity index (χ1v) is 11.5. The maximum Gasteiger partial charge on any atom is 0.285 e. The van der Waals surface area contributed by atoms with Crippen molar-refractivity contribution in [1.29, 1.82) is 0 Å². The van der Waals surface area contributed by atoms with Gasteiger partial charge in [-0.1, -0.05) is 0 Å². The van der Waals surface area contributed by atoms with Crippen molar-refractivity contribution in [3.05, 3.63) is 70.2 Å². The Labute approximate surface area is 182 Å². The number of aromatic nitrogens is 1. The van der Waals surface area contributed by atoms with E-state index in [-0.39, 0.29) is 11.1 Å². The Morgan fingerprint density at radius 2 is 1.69 bits per heavy atom. The molecular formula is C21H21N3O2S3. The van der Waals surface area contributed by atoms with Crippen LogP contribution in [0.15, 0.2) is 63.7 Å². The summed E-state index contributed by atoms with van der Waals surface area (Å²) in [5.74, 6) is 0.651. The smallest absolute Gasteiger partial charge is 0.285 e. The maximum atomic E-state index is 12.5. The molecule has 29 heavy (non-hydrogen) atoms. The van der Waals surface area contributed by atoms with Crippen molar-refractivity contribution in [3.8, 4) is 0 Å². The molecule has 0 aliphatic rings. The van der Waals surface area contributed by atoms with Crippen molar-refractivity contribution in [2.24, 2.45) is 0 Å². The summed E-state index contributed by atoms with van der Waals surface area (Å²) in [7, 11) is 3.43. The highest BCUT2D eigenvalue weighted by molar-refractivity contribution is 8.13. The van der Waals surface area contributed by atoms with E-state index in [0.29, 0.717) is 11.3 Å². The average Bonchev–Trinajstić information content (AvgIpc) is 3.13. The zero-order valence-electron chi connectivity index (χ0n) is 16.3. The first-order chi connectivity index (χ1) is 13.9. The molecule has 0 aliphatic carbocycles. The molecule has 0 unspecified atom stereocenters. The fraction of sp³-hybridized carbons (Fsp3) is 0.190. The molecule has 1 heterocycles. The lowest BCUT2D eigenvalue weighted by Gasteiger charge is -2.10. The van der Waals surface area contributed by atoms with Gasteiger partial charge >= 0.3 is 0 Å². The largest absolute Gasteiger partial charge is 0.339 e. The number of thioether (sulfide) groups is 2. The van der Waals surface area contributed by atoms with Crippen LogP contribution in [-0.4, -0.2) is 35.1 Å². The second-order valence-electron chi connectivity index (χ2n) is 6.41. The number of thiazole rings is 1. The quantitative estimate of drug-likeness (QED) is 0.490. The summed E-state index contributed by atoms with van der Waals surface area (Å²) >= 11 is 4.50. The van der Waals surface area contributed by atoms with Crippen molar-refractivity contribution in [2.45, 2.75) is 22.5 Å². The Kier molecular flexibility index (Phi) is 7.35. The van der Waals surface area contributed by atoms with Crippen molar-refractivity contribution < 1.29 is 9.59 Å². The second kappa shape index (κ2) is 9.96. The molecule has 3 aromatic rings. The summed E-state index contributed by atoms with van der Waals surface area (Å²) in [6.07, 6.45) is 0. The molecular weight excluding hydrogens is 422 g/mol. The molecule has 0 spiro atoms. The molecule has 2 aromatic carbocycles. The minimum Gasteiger partial charge on any atom is -0.339 e. The predicted octanol–water partition coefficient (Wildman–Crippen LogP) is 5.77. The van der Waals surface area contributed by atoms with Crippen LogP contribution in [0.2, 0.25) is 0 Å². The number of carbonyl (C=O) groups is 2. The number of anilines is 1. The van der Waals surface area contributed by atoms with Gasteiger partial charge in [-0.3, -0.25) is 9.59 Å². The Morgan fingerprint density at radius 1 is 1.03 bits per heavy atom. The van der Waals surface area contributed by atoms with Gasteiger partial charge in [0.15, 0.2) is 0 Å². The summed E-state index contributed by atoms with van der Waals surface area (Å²) in [6.45, 7) is 2.00. The van der Waals surface area contributed by atoms with E-state index in [4.69, 9.17) is 0 Å². The van der Waals surface area contributed by atoms with Crippen LogP contribution in [0, 0.1) is 6.92 Å². The summed E-state index contributed by atoms with van der Waals surface area (Å²) in [6, 6.07) is 14.8. The number of nitrogens with one attached hydrogen (secondary N) is 1. The third-order valence-electron chi connectivity index (χ3n) is 3.85. The number of rotatable bonds is 6. The molecule has 0 aliphatic heterocycles. The van der Waals surface area contributed by atoms with Crippen LogP contribution in [0.4, 0.5) is 10.5 Å². The number of hydrogen-bond donors (Lipinski definition) is 1. The molecule has 3 rings (SSSR count). The number of amides is 2. The van der Waals surface area contributed by atoms with E-state index in [2.05, 4.69) is 15.7 Å². The summed E-state index contributed by atoms with van der Waals surface area (Å²) in [5.41, 5.74) is 2.36. The van der Waals surface area contributed by atoms with E-state index in [1.807, 2.05) is 43.3 Å². The number of hydrogen-bond acceptors (Lipinski definition) is 6. The third kappa shape index (κ3) is 6.35. The van der Waals surface area contributed by atoms with E-state index in [0.717, 1.165) is 38.0 Å². The topological polar surface area (TPSA) is 62.3 Å². The summed E-state index contributed by atoms with van der Waals surface area (Å²) < 4.78 is 0. The molecule has 2 amide bonds. The van der Waals surface area contributed by atoms with Gasteiger partial charge < -0.3 is 10.2 Å². The van der Waals surface area contributed by atoms with Crippen molar-refractivity contribution >= 4 is 51.7 Å². The van der Waals surface area contributed by atoms with Crippen LogP contribution in [0.25, 0.3) is 0 Å². The normalized spacial score (nSPS) is 10.6. The zero-order chi connectivity index (χ0) is 20.8. The lowest BCUT2D eigenvalue weighted by molar-refractivity contribution is 0.102. The van der Waals surface area contributed by atoms with Gasteiger partial charge in [-0.15, -0.1) is 23.1 Å². The minimum atomic E-state index is -0.165. The predicted molar refractivity (Wildman–Crippen MR) is 122 cm³/mol. The SMILES string of the molecule is Cc1nc(CSc2ccc(C(=O)Nc3ccc(SC(=O)N(C)C)cc3)cc2)cs1. The first-order valence-electron chi connectivity index (χ1n) is 8.85. The van der Waals surface area contributed by atoms with E-state index < -0.39 is 0 Å². The molecule has 0 saturated carbocycles. The zero-order valence-corrected chi connectivity index (χ0v) is 18.8. The molecule has 0 saturated heterocycles. The number of nitrogens with zero attached hydrogens (tertiary/aromatic N) is 2. The summed E-state index contributed by atoms with van der Waals surface area (Å²) in [5, 5.41) is 5.99. The van der Waals surface area contributed by atoms with Crippen LogP contribution in [0.1, 0.15) is 21.1 Å². The van der Waals surface area contributed by atoms with Crippen molar-refractivity contribution in [1.82, 2.24) is 9.88 Å². The fourth-order valence-corrected chi connectivity index (χ4v) is 4.50. The molecule has 8 heteroatoms. The highest BCUT2D eigenvalue weighted by Crippen LogP contribution is 2.25. The lowest BCUT2D eigenvalue weighted by atomic mass is 10.2. The van der Waals surface area contributed by atoms with Crippen molar-refractivity contribution in [3.63, 3.8) is 0 Å².